The van der Waals surface area contributed by atoms with Gasteiger partial charge in [0.25, 0.3) is 0 Å². The first-order valence-electron chi connectivity index (χ1n) is 13.1. The number of carbonyl (C=O) groups excluding carboxylic acids is 3. The zero-order valence-electron chi connectivity index (χ0n) is 20.1. The van der Waals surface area contributed by atoms with Crippen molar-refractivity contribution in [2.75, 3.05) is 13.4 Å². The van der Waals surface area contributed by atoms with Gasteiger partial charge in [-0.15, -0.1) is 0 Å². The molecule has 7 heteroatoms. The standard InChI is InChI=1S/C27H36O7/c1-15(2)25(30)34-27-10-17-3-18(11-27)9-26(8-17,13-27)32-14-31-12-22(28)33-24-20-5-16-4-19(7-20)23(29)21(24)6-16/h16-21,24H,1,3-14H2,2H3. The molecular formula is C27H36O7. The van der Waals surface area contributed by atoms with Crippen molar-refractivity contribution in [3.63, 3.8) is 0 Å². The molecule has 7 atom stereocenters. The average molecular weight is 473 g/mol. The lowest BCUT2D eigenvalue weighted by Gasteiger charge is -2.60. The van der Waals surface area contributed by atoms with Crippen LogP contribution < -0.4 is 0 Å². The largest absolute Gasteiger partial charge is 0.460 e. The van der Waals surface area contributed by atoms with E-state index in [1.54, 1.807) is 6.92 Å². The predicted molar refractivity (Wildman–Crippen MR) is 120 cm³/mol. The van der Waals surface area contributed by atoms with Gasteiger partial charge in [0.15, 0.2) is 0 Å². The summed E-state index contributed by atoms with van der Waals surface area (Å²) in [4.78, 5) is 37.4. The number of rotatable bonds is 8. The quantitative estimate of drug-likeness (QED) is 0.230. The van der Waals surface area contributed by atoms with Gasteiger partial charge in [0, 0.05) is 17.9 Å². The molecule has 0 aromatic heterocycles. The number of Topliss-reactive ketones (excluding diaryl/α,β-unsaturated/α-hetero) is 1. The molecule has 8 aliphatic rings. The summed E-state index contributed by atoms with van der Waals surface area (Å²) in [6.07, 6.45) is 9.09. The van der Waals surface area contributed by atoms with Gasteiger partial charge >= 0.3 is 11.9 Å². The predicted octanol–water partition coefficient (Wildman–Crippen LogP) is 3.73. The fourth-order valence-corrected chi connectivity index (χ4v) is 8.90. The van der Waals surface area contributed by atoms with Crippen LogP contribution in [0.3, 0.4) is 0 Å². The Kier molecular flexibility index (Phi) is 5.45. The van der Waals surface area contributed by atoms with E-state index < -0.39 is 11.6 Å². The van der Waals surface area contributed by atoms with Gasteiger partial charge in [0.2, 0.25) is 0 Å². The summed E-state index contributed by atoms with van der Waals surface area (Å²) in [5.74, 6) is 1.58. The maximum absolute atomic E-state index is 12.6. The van der Waals surface area contributed by atoms with Crippen LogP contribution in [-0.4, -0.2) is 48.4 Å². The SMILES string of the molecule is C=C(C)C(=O)OC12CC3CC(CC(OCOCC(=O)OC4C5CC6CC(C5)C(=O)C4C6)(C3)C1)C2. The molecule has 7 unspecified atom stereocenters. The Balaban J connectivity index is 1.01. The Morgan fingerprint density at radius 3 is 2.44 bits per heavy atom. The molecule has 186 valence electrons. The fraction of sp³-hybridized carbons (Fsp3) is 0.815. The van der Waals surface area contributed by atoms with E-state index in [1.807, 2.05) is 0 Å². The van der Waals surface area contributed by atoms with E-state index in [2.05, 4.69) is 6.58 Å². The topological polar surface area (TPSA) is 88.1 Å². The summed E-state index contributed by atoms with van der Waals surface area (Å²) in [6.45, 7) is 5.25. The molecule has 0 amide bonds. The van der Waals surface area contributed by atoms with E-state index in [0.717, 1.165) is 57.8 Å². The summed E-state index contributed by atoms with van der Waals surface area (Å²) in [5.41, 5.74) is -0.407. The van der Waals surface area contributed by atoms with Gasteiger partial charge in [-0.25, -0.2) is 9.59 Å². The van der Waals surface area contributed by atoms with Crippen molar-refractivity contribution >= 4 is 17.7 Å². The Morgan fingerprint density at radius 1 is 0.971 bits per heavy atom. The van der Waals surface area contributed by atoms with Crippen LogP contribution in [0.15, 0.2) is 12.2 Å². The lowest BCUT2D eigenvalue weighted by Crippen LogP contribution is -2.61. The maximum Gasteiger partial charge on any atom is 0.333 e. The Labute approximate surface area is 200 Å². The third-order valence-corrected chi connectivity index (χ3v) is 9.60. The molecule has 8 bridgehead atoms. The third-order valence-electron chi connectivity index (χ3n) is 9.60. The fourth-order valence-electron chi connectivity index (χ4n) is 8.90. The van der Waals surface area contributed by atoms with E-state index in [0.29, 0.717) is 41.4 Å². The molecular weight excluding hydrogens is 436 g/mol. The second kappa shape index (κ2) is 8.16. The van der Waals surface area contributed by atoms with Crippen molar-refractivity contribution in [3.8, 4) is 0 Å². The molecule has 8 fully saturated rings. The molecule has 0 radical (unpaired) electrons. The Hall–Kier alpha value is -1.73. The molecule has 8 aliphatic carbocycles. The van der Waals surface area contributed by atoms with Crippen molar-refractivity contribution < 1.29 is 33.3 Å². The third kappa shape index (κ3) is 3.93. The number of ether oxygens (including phenoxy) is 4. The number of esters is 2. The zero-order chi connectivity index (χ0) is 23.7. The highest BCUT2D eigenvalue weighted by Gasteiger charge is 2.60. The van der Waals surface area contributed by atoms with Crippen molar-refractivity contribution in [3.05, 3.63) is 12.2 Å². The van der Waals surface area contributed by atoms with Gasteiger partial charge in [-0.3, -0.25) is 4.79 Å². The second-order valence-corrected chi connectivity index (χ2v) is 12.3. The Bertz CT molecular complexity index is 895. The van der Waals surface area contributed by atoms with Crippen LogP contribution >= 0.6 is 0 Å². The van der Waals surface area contributed by atoms with Crippen LogP contribution in [0.1, 0.15) is 71.1 Å². The van der Waals surface area contributed by atoms with Crippen molar-refractivity contribution in [2.24, 2.45) is 35.5 Å². The molecule has 7 nitrogen and oxygen atoms in total. The molecule has 0 aliphatic heterocycles. The van der Waals surface area contributed by atoms with E-state index in [9.17, 15) is 14.4 Å². The minimum absolute atomic E-state index is 0.0135. The summed E-state index contributed by atoms with van der Waals surface area (Å²) >= 11 is 0. The van der Waals surface area contributed by atoms with E-state index in [-0.39, 0.29) is 42.9 Å². The van der Waals surface area contributed by atoms with E-state index in [4.69, 9.17) is 18.9 Å². The number of hydrogen-bond acceptors (Lipinski definition) is 7. The van der Waals surface area contributed by atoms with Crippen LogP contribution in [0.25, 0.3) is 0 Å². The summed E-state index contributed by atoms with van der Waals surface area (Å²) < 4.78 is 23.6. The van der Waals surface area contributed by atoms with Crippen LogP contribution in [0.4, 0.5) is 0 Å². The molecule has 34 heavy (non-hydrogen) atoms. The molecule has 0 aromatic carbocycles. The molecule has 0 heterocycles. The lowest BCUT2D eigenvalue weighted by molar-refractivity contribution is -0.254. The lowest BCUT2D eigenvalue weighted by atomic mass is 9.52. The van der Waals surface area contributed by atoms with Gasteiger partial charge in [0.1, 0.15) is 30.9 Å². The average Bonchev–Trinajstić information content (AvgIpc) is 2.75. The van der Waals surface area contributed by atoms with Crippen molar-refractivity contribution in [2.45, 2.75) is 88.4 Å². The molecule has 0 saturated heterocycles. The summed E-state index contributed by atoms with van der Waals surface area (Å²) in [7, 11) is 0. The van der Waals surface area contributed by atoms with Gasteiger partial charge in [-0.2, -0.15) is 0 Å². The first-order valence-corrected chi connectivity index (χ1v) is 13.1. The monoisotopic (exact) mass is 472 g/mol. The molecule has 8 saturated carbocycles. The molecule has 0 N–H and O–H groups in total. The van der Waals surface area contributed by atoms with Crippen molar-refractivity contribution in [1.29, 1.82) is 0 Å². The molecule has 8 rings (SSSR count). The second-order valence-electron chi connectivity index (χ2n) is 12.3. The zero-order valence-corrected chi connectivity index (χ0v) is 20.1. The minimum Gasteiger partial charge on any atom is -0.460 e. The van der Waals surface area contributed by atoms with Crippen LogP contribution in [-0.2, 0) is 33.3 Å². The van der Waals surface area contributed by atoms with Crippen LogP contribution in [0.5, 0.6) is 0 Å². The Morgan fingerprint density at radius 2 is 1.71 bits per heavy atom. The first-order chi connectivity index (χ1) is 16.2. The smallest absolute Gasteiger partial charge is 0.333 e. The highest BCUT2D eigenvalue weighted by Crippen LogP contribution is 2.60. The molecule has 0 spiro atoms. The number of carbonyl (C=O) groups is 3. The minimum atomic E-state index is -0.467. The highest BCUT2D eigenvalue weighted by molar-refractivity contribution is 5.87. The normalized spacial score (nSPS) is 45.4. The summed E-state index contributed by atoms with van der Waals surface area (Å²) in [6, 6.07) is 0. The van der Waals surface area contributed by atoms with Gasteiger partial charge in [-0.1, -0.05) is 6.58 Å². The van der Waals surface area contributed by atoms with E-state index in [1.165, 1.54) is 0 Å². The highest BCUT2D eigenvalue weighted by atomic mass is 16.7. The molecule has 0 aromatic rings. The van der Waals surface area contributed by atoms with E-state index >= 15 is 0 Å². The maximum atomic E-state index is 12.6. The van der Waals surface area contributed by atoms with Crippen molar-refractivity contribution in [1.82, 2.24) is 0 Å². The van der Waals surface area contributed by atoms with Crippen LogP contribution in [0, 0.1) is 35.5 Å². The van der Waals surface area contributed by atoms with Gasteiger partial charge in [-0.05, 0) is 88.4 Å². The number of ketones is 1. The van der Waals surface area contributed by atoms with Gasteiger partial charge < -0.3 is 18.9 Å². The van der Waals surface area contributed by atoms with Gasteiger partial charge in [0.05, 0.1) is 11.5 Å². The number of hydrogen-bond donors (Lipinski definition) is 0. The van der Waals surface area contributed by atoms with Crippen LogP contribution in [0.2, 0.25) is 0 Å². The summed E-state index contributed by atoms with van der Waals surface area (Å²) in [5, 5.41) is 0. The first kappa shape index (κ1) is 22.7.